The molecule has 1 aliphatic rings. The summed E-state index contributed by atoms with van der Waals surface area (Å²) in [5.74, 6) is 0.859. The fourth-order valence-corrected chi connectivity index (χ4v) is 1.92. The SMILES string of the molecule is C=C(C)CNC1CCCCC1C. The molecule has 0 aromatic carbocycles. The molecule has 0 bridgehead atoms. The minimum Gasteiger partial charge on any atom is -0.310 e. The van der Waals surface area contributed by atoms with Crippen LogP contribution in [0.2, 0.25) is 0 Å². The van der Waals surface area contributed by atoms with Gasteiger partial charge in [-0.25, -0.2) is 0 Å². The van der Waals surface area contributed by atoms with Crippen molar-refractivity contribution in [3.05, 3.63) is 12.2 Å². The number of rotatable bonds is 3. The van der Waals surface area contributed by atoms with E-state index in [1.54, 1.807) is 0 Å². The lowest BCUT2D eigenvalue weighted by Gasteiger charge is -2.29. The van der Waals surface area contributed by atoms with Gasteiger partial charge in [0.05, 0.1) is 0 Å². The molecule has 2 atom stereocenters. The first kappa shape index (κ1) is 9.79. The molecule has 0 aliphatic heterocycles. The average Bonchev–Trinajstić information content (AvgIpc) is 2.03. The Morgan fingerprint density at radius 3 is 2.67 bits per heavy atom. The van der Waals surface area contributed by atoms with Crippen molar-refractivity contribution in [3.8, 4) is 0 Å². The van der Waals surface area contributed by atoms with Crippen LogP contribution in [-0.2, 0) is 0 Å². The molecular weight excluding hydrogens is 146 g/mol. The topological polar surface area (TPSA) is 12.0 Å². The summed E-state index contributed by atoms with van der Waals surface area (Å²) in [7, 11) is 0. The third kappa shape index (κ3) is 2.98. The smallest absolute Gasteiger partial charge is 0.0161 e. The minimum atomic E-state index is 0.746. The van der Waals surface area contributed by atoms with Gasteiger partial charge in [0, 0.05) is 12.6 Å². The van der Waals surface area contributed by atoms with Gasteiger partial charge in [-0.05, 0) is 25.7 Å². The van der Waals surface area contributed by atoms with E-state index in [4.69, 9.17) is 0 Å². The molecule has 1 fully saturated rings. The zero-order valence-corrected chi connectivity index (χ0v) is 8.40. The Hall–Kier alpha value is -0.300. The van der Waals surface area contributed by atoms with Gasteiger partial charge in [0.15, 0.2) is 0 Å². The van der Waals surface area contributed by atoms with E-state index in [9.17, 15) is 0 Å². The summed E-state index contributed by atoms with van der Waals surface area (Å²) in [5.41, 5.74) is 1.24. The Labute approximate surface area is 76.2 Å². The standard InChI is InChI=1S/C11H21N/c1-9(2)8-12-11-7-5-4-6-10(11)3/h10-12H,1,4-8H2,2-3H3. The highest BCUT2D eigenvalue weighted by atomic mass is 14.9. The molecule has 0 saturated heterocycles. The van der Waals surface area contributed by atoms with Crippen molar-refractivity contribution in [2.45, 2.75) is 45.6 Å². The maximum Gasteiger partial charge on any atom is 0.0161 e. The summed E-state index contributed by atoms with van der Waals surface area (Å²) in [4.78, 5) is 0. The summed E-state index contributed by atoms with van der Waals surface area (Å²) in [6, 6.07) is 0.746. The monoisotopic (exact) mass is 167 g/mol. The predicted octanol–water partition coefficient (Wildman–Crippen LogP) is 2.73. The van der Waals surface area contributed by atoms with Crippen LogP contribution in [0.5, 0.6) is 0 Å². The van der Waals surface area contributed by atoms with Crippen molar-refractivity contribution in [3.63, 3.8) is 0 Å². The first-order chi connectivity index (χ1) is 5.70. The number of nitrogens with one attached hydrogen (secondary N) is 1. The van der Waals surface area contributed by atoms with E-state index in [0.717, 1.165) is 18.5 Å². The van der Waals surface area contributed by atoms with E-state index in [0.29, 0.717) is 0 Å². The van der Waals surface area contributed by atoms with E-state index in [1.165, 1.54) is 31.3 Å². The third-order valence-corrected chi connectivity index (χ3v) is 2.78. The van der Waals surface area contributed by atoms with E-state index in [2.05, 4.69) is 25.7 Å². The third-order valence-electron chi connectivity index (χ3n) is 2.78. The van der Waals surface area contributed by atoms with Gasteiger partial charge < -0.3 is 5.32 Å². The Bertz CT molecular complexity index is 151. The van der Waals surface area contributed by atoms with Gasteiger partial charge in [-0.2, -0.15) is 0 Å². The Morgan fingerprint density at radius 2 is 2.08 bits per heavy atom. The van der Waals surface area contributed by atoms with Crippen molar-refractivity contribution >= 4 is 0 Å². The lowest BCUT2D eigenvalue weighted by Crippen LogP contribution is -2.37. The molecule has 1 heteroatoms. The summed E-state index contributed by atoms with van der Waals surface area (Å²) in [5, 5.41) is 3.57. The fourth-order valence-electron chi connectivity index (χ4n) is 1.92. The molecule has 1 saturated carbocycles. The van der Waals surface area contributed by atoms with Crippen LogP contribution in [0.4, 0.5) is 0 Å². The van der Waals surface area contributed by atoms with E-state index < -0.39 is 0 Å². The van der Waals surface area contributed by atoms with Crippen LogP contribution < -0.4 is 5.32 Å². The normalized spacial score (nSPS) is 30.2. The molecule has 12 heavy (non-hydrogen) atoms. The molecule has 1 aliphatic carbocycles. The van der Waals surface area contributed by atoms with E-state index >= 15 is 0 Å². The summed E-state index contributed by atoms with van der Waals surface area (Å²) in [6.07, 6.45) is 5.58. The highest BCUT2D eigenvalue weighted by Crippen LogP contribution is 2.23. The number of hydrogen-bond donors (Lipinski definition) is 1. The molecule has 1 nitrogen and oxygen atoms in total. The molecule has 0 radical (unpaired) electrons. The van der Waals surface area contributed by atoms with Crippen LogP contribution in [0, 0.1) is 5.92 Å². The van der Waals surface area contributed by atoms with Crippen LogP contribution in [0.3, 0.4) is 0 Å². The van der Waals surface area contributed by atoms with Crippen LogP contribution in [-0.4, -0.2) is 12.6 Å². The second kappa shape index (κ2) is 4.66. The zero-order valence-electron chi connectivity index (χ0n) is 8.40. The van der Waals surface area contributed by atoms with Crippen molar-refractivity contribution in [2.75, 3.05) is 6.54 Å². The molecule has 0 spiro atoms. The van der Waals surface area contributed by atoms with E-state index in [-0.39, 0.29) is 0 Å². The molecule has 0 heterocycles. The maximum atomic E-state index is 3.90. The summed E-state index contributed by atoms with van der Waals surface area (Å²) in [6.45, 7) is 9.34. The molecular formula is C11H21N. The van der Waals surface area contributed by atoms with Crippen molar-refractivity contribution in [1.29, 1.82) is 0 Å². The van der Waals surface area contributed by atoms with Gasteiger partial charge in [0.25, 0.3) is 0 Å². The first-order valence-electron chi connectivity index (χ1n) is 5.08. The lowest BCUT2D eigenvalue weighted by molar-refractivity contribution is 0.287. The molecule has 1 N–H and O–H groups in total. The van der Waals surface area contributed by atoms with Gasteiger partial charge in [-0.1, -0.05) is 31.9 Å². The van der Waals surface area contributed by atoms with Gasteiger partial charge in [0.1, 0.15) is 0 Å². The highest BCUT2D eigenvalue weighted by Gasteiger charge is 2.19. The highest BCUT2D eigenvalue weighted by molar-refractivity contribution is 4.92. The van der Waals surface area contributed by atoms with Gasteiger partial charge in [0.2, 0.25) is 0 Å². The molecule has 0 aromatic rings. The van der Waals surface area contributed by atoms with Crippen LogP contribution >= 0.6 is 0 Å². The molecule has 1 rings (SSSR count). The average molecular weight is 167 g/mol. The maximum absolute atomic E-state index is 3.90. The fraction of sp³-hybridized carbons (Fsp3) is 0.818. The molecule has 0 aromatic heterocycles. The van der Waals surface area contributed by atoms with Crippen molar-refractivity contribution in [1.82, 2.24) is 5.32 Å². The Balaban J connectivity index is 2.24. The second-order valence-corrected chi connectivity index (χ2v) is 4.21. The van der Waals surface area contributed by atoms with Crippen LogP contribution in [0.15, 0.2) is 12.2 Å². The summed E-state index contributed by atoms with van der Waals surface area (Å²) >= 11 is 0. The molecule has 2 unspecified atom stereocenters. The Kier molecular flexibility index (Phi) is 3.80. The largest absolute Gasteiger partial charge is 0.310 e. The van der Waals surface area contributed by atoms with Gasteiger partial charge in [-0.3, -0.25) is 0 Å². The van der Waals surface area contributed by atoms with Gasteiger partial charge in [-0.15, -0.1) is 0 Å². The minimum absolute atomic E-state index is 0.746. The summed E-state index contributed by atoms with van der Waals surface area (Å²) < 4.78 is 0. The first-order valence-corrected chi connectivity index (χ1v) is 5.08. The second-order valence-electron chi connectivity index (χ2n) is 4.21. The van der Waals surface area contributed by atoms with Crippen molar-refractivity contribution in [2.24, 2.45) is 5.92 Å². The predicted molar refractivity (Wildman–Crippen MR) is 54.2 cm³/mol. The zero-order chi connectivity index (χ0) is 8.97. The molecule has 70 valence electrons. The lowest BCUT2D eigenvalue weighted by atomic mass is 9.86. The van der Waals surface area contributed by atoms with Crippen LogP contribution in [0.1, 0.15) is 39.5 Å². The van der Waals surface area contributed by atoms with Gasteiger partial charge >= 0.3 is 0 Å². The van der Waals surface area contributed by atoms with E-state index in [1.807, 2.05) is 0 Å². The Morgan fingerprint density at radius 1 is 1.42 bits per heavy atom. The number of hydrogen-bond acceptors (Lipinski definition) is 1. The van der Waals surface area contributed by atoms with Crippen molar-refractivity contribution < 1.29 is 0 Å². The molecule has 0 amide bonds. The van der Waals surface area contributed by atoms with Crippen LogP contribution in [0.25, 0.3) is 0 Å². The quantitative estimate of drug-likeness (QED) is 0.637.